The van der Waals surface area contributed by atoms with Crippen molar-refractivity contribution in [3.05, 3.63) is 0 Å². The van der Waals surface area contributed by atoms with Crippen LogP contribution in [-0.2, 0) is 4.79 Å². The van der Waals surface area contributed by atoms with E-state index >= 15 is 0 Å². The Hall–Kier alpha value is -0.180. The van der Waals surface area contributed by atoms with Gasteiger partial charge in [0.25, 0.3) is 0 Å². The van der Waals surface area contributed by atoms with E-state index in [-0.39, 0.29) is 16.7 Å². The summed E-state index contributed by atoms with van der Waals surface area (Å²) >= 11 is 4.31. The SMILES string of the molecule is CC(=O)N[C@H](C)C(C)(C)S. The maximum atomic E-state index is 10.6. The highest BCUT2D eigenvalue weighted by Gasteiger charge is 2.21. The Labute approximate surface area is 67.8 Å². The molecular weight excluding hydrogens is 146 g/mol. The van der Waals surface area contributed by atoms with Gasteiger partial charge in [0, 0.05) is 17.7 Å². The van der Waals surface area contributed by atoms with Crippen LogP contribution in [0.2, 0.25) is 0 Å². The van der Waals surface area contributed by atoms with E-state index in [4.69, 9.17) is 0 Å². The van der Waals surface area contributed by atoms with Crippen LogP contribution < -0.4 is 5.32 Å². The van der Waals surface area contributed by atoms with Gasteiger partial charge in [-0.25, -0.2) is 0 Å². The fourth-order valence-electron chi connectivity index (χ4n) is 0.482. The first-order valence-corrected chi connectivity index (χ1v) is 3.78. The first-order chi connectivity index (χ1) is 4.34. The van der Waals surface area contributed by atoms with E-state index in [0.29, 0.717) is 0 Å². The van der Waals surface area contributed by atoms with E-state index < -0.39 is 0 Å². The monoisotopic (exact) mass is 161 g/mol. The maximum absolute atomic E-state index is 10.6. The number of hydrogen-bond donors (Lipinski definition) is 2. The quantitative estimate of drug-likeness (QED) is 0.586. The third kappa shape index (κ3) is 3.77. The molecule has 0 aliphatic heterocycles. The molecule has 0 heterocycles. The van der Waals surface area contributed by atoms with Crippen molar-refractivity contribution < 1.29 is 4.79 Å². The molecule has 0 spiro atoms. The Morgan fingerprint density at radius 2 is 2.00 bits per heavy atom. The summed E-state index contributed by atoms with van der Waals surface area (Å²) in [6.07, 6.45) is 0. The molecule has 0 aliphatic carbocycles. The van der Waals surface area contributed by atoms with Crippen LogP contribution in [0.15, 0.2) is 0 Å². The minimum atomic E-state index is -0.147. The number of hydrogen-bond acceptors (Lipinski definition) is 2. The molecular formula is C7H15NOS. The normalized spacial score (nSPS) is 14.5. The van der Waals surface area contributed by atoms with Crippen molar-refractivity contribution >= 4 is 18.5 Å². The molecule has 0 bridgehead atoms. The van der Waals surface area contributed by atoms with Gasteiger partial charge < -0.3 is 5.32 Å². The van der Waals surface area contributed by atoms with Gasteiger partial charge in [-0.1, -0.05) is 0 Å². The maximum Gasteiger partial charge on any atom is 0.217 e. The minimum absolute atomic E-state index is 0.00498. The smallest absolute Gasteiger partial charge is 0.217 e. The number of carbonyl (C=O) groups excluding carboxylic acids is 1. The molecule has 10 heavy (non-hydrogen) atoms. The van der Waals surface area contributed by atoms with Gasteiger partial charge in [0.2, 0.25) is 5.91 Å². The zero-order chi connectivity index (χ0) is 8.36. The highest BCUT2D eigenvalue weighted by Crippen LogP contribution is 2.16. The summed E-state index contributed by atoms with van der Waals surface area (Å²) in [5.74, 6) is -0.00498. The highest BCUT2D eigenvalue weighted by molar-refractivity contribution is 7.81. The average Bonchev–Trinajstić information content (AvgIpc) is 1.60. The summed E-state index contributed by atoms with van der Waals surface area (Å²) in [6.45, 7) is 7.39. The van der Waals surface area contributed by atoms with Crippen molar-refractivity contribution in [3.8, 4) is 0 Å². The molecule has 0 rings (SSSR count). The summed E-state index contributed by atoms with van der Waals surface area (Å²) in [6, 6.07) is 0.105. The lowest BCUT2D eigenvalue weighted by atomic mass is 10.1. The van der Waals surface area contributed by atoms with Crippen molar-refractivity contribution in [2.24, 2.45) is 0 Å². The second-order valence-electron chi connectivity index (χ2n) is 3.08. The zero-order valence-corrected chi connectivity index (χ0v) is 7.83. The molecule has 0 aromatic rings. The van der Waals surface area contributed by atoms with Crippen LogP contribution in [-0.4, -0.2) is 16.7 Å². The van der Waals surface area contributed by atoms with Gasteiger partial charge in [-0.15, -0.1) is 0 Å². The van der Waals surface area contributed by atoms with E-state index in [1.807, 2.05) is 20.8 Å². The molecule has 0 aromatic carbocycles. The Kier molecular flexibility index (Phi) is 3.22. The third-order valence-electron chi connectivity index (χ3n) is 1.48. The summed E-state index contributed by atoms with van der Waals surface area (Å²) in [5, 5.41) is 2.77. The second kappa shape index (κ2) is 3.28. The van der Waals surface area contributed by atoms with Gasteiger partial charge in [0.1, 0.15) is 0 Å². The number of carbonyl (C=O) groups is 1. The lowest BCUT2D eigenvalue weighted by molar-refractivity contribution is -0.119. The first kappa shape index (κ1) is 9.82. The third-order valence-corrected chi connectivity index (χ3v) is 1.87. The number of thiol groups is 1. The Morgan fingerprint density at radius 3 is 2.10 bits per heavy atom. The molecule has 0 aromatic heterocycles. The van der Waals surface area contributed by atoms with Gasteiger partial charge in [-0.2, -0.15) is 12.6 Å². The fraction of sp³-hybridized carbons (Fsp3) is 0.857. The molecule has 0 fully saturated rings. The summed E-state index contributed by atoms with van der Waals surface area (Å²) < 4.78 is -0.147. The summed E-state index contributed by atoms with van der Waals surface area (Å²) in [4.78, 5) is 10.6. The van der Waals surface area contributed by atoms with Gasteiger partial charge in [0.15, 0.2) is 0 Å². The molecule has 1 atom stereocenters. The predicted molar refractivity (Wildman–Crippen MR) is 46.3 cm³/mol. The van der Waals surface area contributed by atoms with Gasteiger partial charge in [0.05, 0.1) is 0 Å². The molecule has 0 radical (unpaired) electrons. The lowest BCUT2D eigenvalue weighted by Gasteiger charge is -2.26. The molecule has 0 saturated heterocycles. The molecule has 1 amide bonds. The van der Waals surface area contributed by atoms with E-state index in [1.54, 1.807) is 0 Å². The van der Waals surface area contributed by atoms with Crippen LogP contribution in [0.4, 0.5) is 0 Å². The van der Waals surface area contributed by atoms with Gasteiger partial charge >= 0.3 is 0 Å². The Balaban J connectivity index is 3.85. The van der Waals surface area contributed by atoms with Crippen LogP contribution in [0.25, 0.3) is 0 Å². The van der Waals surface area contributed by atoms with Crippen molar-refractivity contribution in [1.82, 2.24) is 5.32 Å². The van der Waals surface area contributed by atoms with E-state index in [0.717, 1.165) is 0 Å². The summed E-state index contributed by atoms with van der Waals surface area (Å²) in [7, 11) is 0. The molecule has 3 heteroatoms. The van der Waals surface area contributed by atoms with Crippen molar-refractivity contribution in [3.63, 3.8) is 0 Å². The first-order valence-electron chi connectivity index (χ1n) is 3.33. The predicted octanol–water partition coefficient (Wildman–Crippen LogP) is 1.22. The minimum Gasteiger partial charge on any atom is -0.353 e. The van der Waals surface area contributed by atoms with E-state index in [1.165, 1.54) is 6.92 Å². The number of amides is 1. The fourth-order valence-corrected chi connectivity index (χ4v) is 0.546. The Bertz CT molecular complexity index is 128. The molecule has 0 unspecified atom stereocenters. The van der Waals surface area contributed by atoms with Crippen molar-refractivity contribution in [1.29, 1.82) is 0 Å². The standard InChI is InChI=1S/C7H15NOS/c1-5(7(3,4)10)8-6(2)9/h5,10H,1-4H3,(H,8,9)/t5-/m1/s1. The van der Waals surface area contributed by atoms with Crippen LogP contribution in [0.5, 0.6) is 0 Å². The zero-order valence-electron chi connectivity index (χ0n) is 6.93. The largest absolute Gasteiger partial charge is 0.353 e. The molecule has 60 valence electrons. The summed E-state index contributed by atoms with van der Waals surface area (Å²) in [5.41, 5.74) is 0. The van der Waals surface area contributed by atoms with Crippen molar-refractivity contribution in [2.75, 3.05) is 0 Å². The van der Waals surface area contributed by atoms with Gasteiger partial charge in [-0.05, 0) is 20.8 Å². The topological polar surface area (TPSA) is 29.1 Å². The Morgan fingerprint density at radius 1 is 1.60 bits per heavy atom. The molecule has 0 saturated carbocycles. The van der Waals surface area contributed by atoms with Crippen LogP contribution in [0.1, 0.15) is 27.7 Å². The van der Waals surface area contributed by atoms with Gasteiger partial charge in [-0.3, -0.25) is 4.79 Å². The van der Waals surface area contributed by atoms with E-state index in [9.17, 15) is 4.79 Å². The average molecular weight is 161 g/mol. The van der Waals surface area contributed by atoms with Crippen LogP contribution in [0, 0.1) is 0 Å². The van der Waals surface area contributed by atoms with E-state index in [2.05, 4.69) is 17.9 Å². The lowest BCUT2D eigenvalue weighted by Crippen LogP contribution is -2.43. The number of rotatable bonds is 2. The highest BCUT2D eigenvalue weighted by atomic mass is 32.1. The second-order valence-corrected chi connectivity index (χ2v) is 4.23. The van der Waals surface area contributed by atoms with Crippen LogP contribution >= 0.6 is 12.6 Å². The molecule has 2 nitrogen and oxygen atoms in total. The molecule has 0 aliphatic rings. The molecule has 1 N–H and O–H groups in total. The number of nitrogens with one attached hydrogen (secondary N) is 1. The van der Waals surface area contributed by atoms with Crippen LogP contribution in [0.3, 0.4) is 0 Å². The van der Waals surface area contributed by atoms with Crippen molar-refractivity contribution in [2.45, 2.75) is 38.5 Å².